The lowest BCUT2D eigenvalue weighted by Crippen LogP contribution is -1.96. The lowest BCUT2D eigenvalue weighted by atomic mass is 10.1. The average Bonchev–Trinajstić information content (AvgIpc) is 3.04. The number of fused-ring (bicyclic) bond motifs is 3. The third kappa shape index (κ3) is 2.16. The van der Waals surface area contributed by atoms with Crippen molar-refractivity contribution in [3.05, 3.63) is 85.2 Å². The molecule has 0 bridgehead atoms. The summed E-state index contributed by atoms with van der Waals surface area (Å²) in [5, 5.41) is 12.6. The molecule has 0 saturated carbocycles. The Kier molecular flexibility index (Phi) is 3.22. The Hall–Kier alpha value is -3.66. The first-order valence-electron chi connectivity index (χ1n) is 8.42. The number of para-hydroxylation sites is 1. The molecule has 1 N–H and O–H groups in total. The van der Waals surface area contributed by atoms with Crippen molar-refractivity contribution >= 4 is 21.9 Å². The maximum Gasteiger partial charge on any atom is 0.145 e. The number of pyridine rings is 2. The van der Waals surface area contributed by atoms with E-state index in [1.165, 1.54) is 0 Å². The quantitative estimate of drug-likeness (QED) is 0.496. The summed E-state index contributed by atoms with van der Waals surface area (Å²) in [4.78, 5) is 8.98. The van der Waals surface area contributed by atoms with Crippen molar-refractivity contribution in [1.82, 2.24) is 14.5 Å². The topological polar surface area (TPSA) is 50.9 Å². The first-order chi connectivity index (χ1) is 12.8. The Morgan fingerprint density at radius 2 is 1.54 bits per heavy atom. The number of aromatic hydroxyl groups is 1. The van der Waals surface area contributed by atoms with E-state index >= 15 is 0 Å². The molecule has 3 aromatic heterocycles. The van der Waals surface area contributed by atoms with Gasteiger partial charge in [-0.05, 0) is 48.5 Å². The van der Waals surface area contributed by atoms with Crippen molar-refractivity contribution in [3.8, 4) is 22.7 Å². The molecule has 4 nitrogen and oxygen atoms in total. The van der Waals surface area contributed by atoms with Gasteiger partial charge in [0.1, 0.15) is 11.4 Å². The molecular formula is C22H15N3O. The van der Waals surface area contributed by atoms with Crippen LogP contribution in [0.4, 0.5) is 0 Å². The smallest absolute Gasteiger partial charge is 0.145 e. The van der Waals surface area contributed by atoms with Crippen LogP contribution >= 0.6 is 0 Å². The van der Waals surface area contributed by atoms with E-state index < -0.39 is 0 Å². The summed E-state index contributed by atoms with van der Waals surface area (Å²) < 4.78 is 2.12. The molecule has 0 atom stereocenters. The van der Waals surface area contributed by atoms with Crippen LogP contribution in [0.5, 0.6) is 5.75 Å². The number of phenols is 1. The second kappa shape index (κ2) is 5.70. The van der Waals surface area contributed by atoms with Crippen LogP contribution in [0.1, 0.15) is 0 Å². The average molecular weight is 337 g/mol. The fraction of sp³-hybridized carbons (Fsp3) is 0. The van der Waals surface area contributed by atoms with Crippen LogP contribution < -0.4 is 0 Å². The van der Waals surface area contributed by atoms with E-state index in [0.717, 1.165) is 33.3 Å². The van der Waals surface area contributed by atoms with Crippen molar-refractivity contribution in [2.45, 2.75) is 0 Å². The molecule has 0 radical (unpaired) electrons. The lowest BCUT2D eigenvalue weighted by molar-refractivity contribution is 0.477. The zero-order chi connectivity index (χ0) is 17.5. The summed E-state index contributed by atoms with van der Waals surface area (Å²) in [7, 11) is 0. The van der Waals surface area contributed by atoms with Crippen LogP contribution in [0.2, 0.25) is 0 Å². The maximum absolute atomic E-state index is 10.3. The number of hydrogen-bond donors (Lipinski definition) is 1. The fourth-order valence-corrected chi connectivity index (χ4v) is 3.45. The van der Waals surface area contributed by atoms with Crippen LogP contribution in [0.3, 0.4) is 0 Å². The maximum atomic E-state index is 10.3. The van der Waals surface area contributed by atoms with Gasteiger partial charge in [-0.2, -0.15) is 0 Å². The van der Waals surface area contributed by atoms with E-state index in [0.29, 0.717) is 5.56 Å². The first kappa shape index (κ1) is 14.7. The third-order valence-electron chi connectivity index (χ3n) is 4.61. The number of nitrogens with zero attached hydrogens (tertiary/aromatic N) is 3. The predicted octanol–water partition coefficient (Wildman–Crippen LogP) is 4.95. The van der Waals surface area contributed by atoms with Crippen molar-refractivity contribution in [2.75, 3.05) is 0 Å². The van der Waals surface area contributed by atoms with Gasteiger partial charge in [-0.1, -0.05) is 24.3 Å². The highest BCUT2D eigenvalue weighted by atomic mass is 16.3. The van der Waals surface area contributed by atoms with E-state index in [-0.39, 0.29) is 5.75 Å². The van der Waals surface area contributed by atoms with Gasteiger partial charge in [0.2, 0.25) is 0 Å². The molecular weight excluding hydrogens is 322 g/mol. The van der Waals surface area contributed by atoms with Gasteiger partial charge in [0.25, 0.3) is 0 Å². The van der Waals surface area contributed by atoms with Crippen LogP contribution in [0.25, 0.3) is 38.9 Å². The highest BCUT2D eigenvalue weighted by Gasteiger charge is 2.14. The van der Waals surface area contributed by atoms with Gasteiger partial charge in [0, 0.05) is 34.4 Å². The van der Waals surface area contributed by atoms with E-state index in [1.54, 1.807) is 18.5 Å². The lowest BCUT2D eigenvalue weighted by Gasteiger charge is -2.10. The highest BCUT2D eigenvalue weighted by Crippen LogP contribution is 2.34. The Labute approximate surface area is 150 Å². The fourth-order valence-electron chi connectivity index (χ4n) is 3.45. The van der Waals surface area contributed by atoms with Crippen LogP contribution in [0, 0.1) is 0 Å². The molecule has 0 saturated heterocycles. The molecule has 3 heterocycles. The number of aromatic nitrogens is 3. The zero-order valence-corrected chi connectivity index (χ0v) is 13.9. The van der Waals surface area contributed by atoms with E-state index in [2.05, 4.69) is 32.7 Å². The van der Waals surface area contributed by atoms with Crippen LogP contribution in [-0.4, -0.2) is 19.6 Å². The first-order valence-corrected chi connectivity index (χ1v) is 8.42. The Morgan fingerprint density at radius 3 is 2.42 bits per heavy atom. The van der Waals surface area contributed by atoms with Gasteiger partial charge in [-0.3, -0.25) is 9.55 Å². The minimum absolute atomic E-state index is 0.209. The van der Waals surface area contributed by atoms with Gasteiger partial charge in [-0.25, -0.2) is 4.98 Å². The van der Waals surface area contributed by atoms with E-state index in [9.17, 15) is 5.11 Å². The molecule has 5 aromatic rings. The molecule has 0 aliphatic rings. The molecule has 124 valence electrons. The highest BCUT2D eigenvalue weighted by molar-refractivity contribution is 6.07. The summed E-state index contributed by atoms with van der Waals surface area (Å²) in [5.41, 5.74) is 4.35. The van der Waals surface area contributed by atoms with Gasteiger partial charge in [0.15, 0.2) is 0 Å². The van der Waals surface area contributed by atoms with Crippen molar-refractivity contribution in [3.63, 3.8) is 0 Å². The molecule has 0 unspecified atom stereocenters. The Bertz CT molecular complexity index is 1190. The molecule has 5 rings (SSSR count). The minimum atomic E-state index is 0.209. The molecule has 0 aliphatic carbocycles. The Balaban J connectivity index is 1.84. The summed E-state index contributed by atoms with van der Waals surface area (Å²) in [6, 6.07) is 23.5. The summed E-state index contributed by atoms with van der Waals surface area (Å²) in [6.45, 7) is 0. The number of hydrogen-bond acceptors (Lipinski definition) is 3. The second-order valence-corrected chi connectivity index (χ2v) is 6.14. The molecule has 4 heteroatoms. The number of phenolic OH excluding ortho intramolecular Hbond substituents is 1. The van der Waals surface area contributed by atoms with E-state index in [1.807, 2.05) is 48.5 Å². The summed E-state index contributed by atoms with van der Waals surface area (Å²) in [5.74, 6) is 0.209. The second-order valence-electron chi connectivity index (χ2n) is 6.14. The summed E-state index contributed by atoms with van der Waals surface area (Å²) >= 11 is 0. The normalized spacial score (nSPS) is 11.2. The van der Waals surface area contributed by atoms with Gasteiger partial charge in [0.05, 0.1) is 11.2 Å². The zero-order valence-electron chi connectivity index (χ0n) is 13.9. The monoisotopic (exact) mass is 337 g/mol. The van der Waals surface area contributed by atoms with Crippen molar-refractivity contribution in [1.29, 1.82) is 0 Å². The van der Waals surface area contributed by atoms with Crippen LogP contribution in [-0.2, 0) is 0 Å². The van der Waals surface area contributed by atoms with Crippen molar-refractivity contribution < 1.29 is 5.11 Å². The molecule has 26 heavy (non-hydrogen) atoms. The summed E-state index contributed by atoms with van der Waals surface area (Å²) in [6.07, 6.45) is 3.53. The molecule has 0 amide bonds. The predicted molar refractivity (Wildman–Crippen MR) is 103 cm³/mol. The minimum Gasteiger partial charge on any atom is -0.507 e. The molecule has 0 spiro atoms. The van der Waals surface area contributed by atoms with Crippen LogP contribution in [0.15, 0.2) is 85.2 Å². The third-order valence-corrected chi connectivity index (χ3v) is 4.61. The SMILES string of the molecule is Oc1ccc(-n2c3ccccc3c3cccnc32)cc1-c1ccccn1. The van der Waals surface area contributed by atoms with Crippen molar-refractivity contribution in [2.24, 2.45) is 0 Å². The molecule has 0 fully saturated rings. The van der Waals surface area contributed by atoms with Gasteiger partial charge in [-0.15, -0.1) is 0 Å². The Morgan fingerprint density at radius 1 is 0.731 bits per heavy atom. The molecule has 0 aliphatic heterocycles. The van der Waals surface area contributed by atoms with E-state index in [4.69, 9.17) is 0 Å². The van der Waals surface area contributed by atoms with Gasteiger partial charge < -0.3 is 5.11 Å². The van der Waals surface area contributed by atoms with Gasteiger partial charge >= 0.3 is 0 Å². The molecule has 2 aromatic carbocycles. The number of rotatable bonds is 2. The standard InChI is InChI=1S/C22H15N3O/c26-21-11-10-15(14-18(21)19-8-3-4-12-23-19)25-20-9-2-1-6-16(20)17-7-5-13-24-22(17)25/h1-14,26H. The number of benzene rings is 2. The largest absolute Gasteiger partial charge is 0.507 e.